The minimum atomic E-state index is 0.781. The minimum absolute atomic E-state index is 0.781. The lowest BCUT2D eigenvalue weighted by atomic mass is 10.1. The molecule has 0 saturated carbocycles. The Labute approximate surface area is 103 Å². The normalized spacial score (nSPS) is 10.1. The van der Waals surface area contributed by atoms with Crippen molar-refractivity contribution in [2.75, 3.05) is 5.32 Å². The summed E-state index contributed by atoms with van der Waals surface area (Å²) in [6, 6.07) is 8.29. The molecule has 1 N–H and O–H groups in total. The fourth-order valence-electron chi connectivity index (χ4n) is 1.41. The first-order valence-corrected chi connectivity index (χ1v) is 5.90. The molecule has 0 aliphatic rings. The van der Waals surface area contributed by atoms with Gasteiger partial charge >= 0.3 is 0 Å². The number of aromatic nitrogens is 2. The van der Waals surface area contributed by atoms with Gasteiger partial charge in [-0.3, -0.25) is 0 Å². The molecular weight excluding hydrogens is 266 g/mol. The third kappa shape index (κ3) is 2.58. The van der Waals surface area contributed by atoms with E-state index in [9.17, 15) is 0 Å². The number of nitrogens with zero attached hydrogens (tertiary/aromatic N) is 2. The third-order valence-corrected chi connectivity index (χ3v) is 2.85. The molecule has 2 aromatic rings. The van der Waals surface area contributed by atoms with Crippen molar-refractivity contribution in [1.29, 1.82) is 0 Å². The van der Waals surface area contributed by atoms with E-state index >= 15 is 0 Å². The summed E-state index contributed by atoms with van der Waals surface area (Å²) in [5, 5.41) is 3.25. The fourth-order valence-corrected chi connectivity index (χ4v) is 1.73. The summed E-state index contributed by atoms with van der Waals surface area (Å²) >= 11 is 3.40. The molecule has 0 saturated heterocycles. The zero-order valence-corrected chi connectivity index (χ0v) is 10.5. The van der Waals surface area contributed by atoms with E-state index in [0.29, 0.717) is 0 Å². The zero-order chi connectivity index (χ0) is 11.4. The number of hydrogen-bond donors (Lipinski definition) is 1. The molecule has 16 heavy (non-hydrogen) atoms. The van der Waals surface area contributed by atoms with Crippen LogP contribution in [0.15, 0.2) is 41.3 Å². The van der Waals surface area contributed by atoms with Crippen LogP contribution in [0.1, 0.15) is 12.5 Å². The molecule has 0 spiro atoms. The molecule has 1 heterocycles. The summed E-state index contributed by atoms with van der Waals surface area (Å²) in [6.07, 6.45) is 4.27. The molecule has 0 aliphatic carbocycles. The molecule has 0 aliphatic heterocycles. The van der Waals surface area contributed by atoms with Gasteiger partial charge in [0.2, 0.25) is 0 Å². The average molecular weight is 278 g/mol. The number of rotatable bonds is 3. The van der Waals surface area contributed by atoms with Crippen molar-refractivity contribution >= 4 is 27.4 Å². The Hall–Kier alpha value is -1.42. The van der Waals surface area contributed by atoms with Crippen LogP contribution < -0.4 is 5.32 Å². The highest BCUT2D eigenvalue weighted by Gasteiger charge is 2.01. The summed E-state index contributed by atoms with van der Waals surface area (Å²) in [4.78, 5) is 8.08. The van der Waals surface area contributed by atoms with E-state index in [4.69, 9.17) is 0 Å². The predicted octanol–water partition coefficient (Wildman–Crippen LogP) is 3.55. The highest BCUT2D eigenvalue weighted by Crippen LogP contribution is 2.22. The molecule has 0 unspecified atom stereocenters. The van der Waals surface area contributed by atoms with E-state index in [-0.39, 0.29) is 0 Å². The zero-order valence-electron chi connectivity index (χ0n) is 8.94. The molecule has 82 valence electrons. The van der Waals surface area contributed by atoms with Crippen LogP contribution in [0.3, 0.4) is 0 Å². The molecule has 0 fully saturated rings. The summed E-state index contributed by atoms with van der Waals surface area (Å²) in [5.74, 6) is 0.781. The number of hydrogen-bond acceptors (Lipinski definition) is 3. The highest BCUT2D eigenvalue weighted by atomic mass is 79.9. The van der Waals surface area contributed by atoms with E-state index in [1.54, 1.807) is 6.20 Å². The maximum Gasteiger partial charge on any atom is 0.148 e. The first-order valence-electron chi connectivity index (χ1n) is 5.11. The van der Waals surface area contributed by atoms with Gasteiger partial charge in [-0.25, -0.2) is 9.97 Å². The topological polar surface area (TPSA) is 37.8 Å². The lowest BCUT2D eigenvalue weighted by molar-refractivity contribution is 1.13. The Bertz CT molecular complexity index is 485. The minimum Gasteiger partial charge on any atom is -0.339 e. The van der Waals surface area contributed by atoms with Crippen molar-refractivity contribution < 1.29 is 0 Å². The third-order valence-electron chi connectivity index (χ3n) is 2.27. The molecule has 3 nitrogen and oxygen atoms in total. The van der Waals surface area contributed by atoms with E-state index < -0.39 is 0 Å². The van der Waals surface area contributed by atoms with Gasteiger partial charge in [0.15, 0.2) is 0 Å². The number of nitrogens with one attached hydrogen (secondary N) is 1. The van der Waals surface area contributed by atoms with Crippen LogP contribution in [0.2, 0.25) is 0 Å². The molecule has 1 aromatic heterocycles. The Morgan fingerprint density at radius 2 is 2.25 bits per heavy atom. The summed E-state index contributed by atoms with van der Waals surface area (Å²) in [6.45, 7) is 2.14. The molecular formula is C12H12BrN3. The maximum absolute atomic E-state index is 4.16. The number of aryl methyl sites for hydroxylation is 1. The number of halogens is 1. The molecule has 0 atom stereocenters. The Balaban J connectivity index is 2.24. The quantitative estimate of drug-likeness (QED) is 0.933. The van der Waals surface area contributed by atoms with Crippen LogP contribution in [-0.2, 0) is 6.42 Å². The van der Waals surface area contributed by atoms with Gasteiger partial charge in [-0.2, -0.15) is 0 Å². The first-order chi connectivity index (χ1) is 7.79. The molecule has 0 amide bonds. The fraction of sp³-hybridized carbons (Fsp3) is 0.167. The molecule has 0 bridgehead atoms. The molecule has 0 radical (unpaired) electrons. The lowest BCUT2D eigenvalue weighted by Gasteiger charge is -2.07. The van der Waals surface area contributed by atoms with Gasteiger partial charge in [-0.1, -0.05) is 19.1 Å². The van der Waals surface area contributed by atoms with Gasteiger partial charge in [-0.05, 0) is 40.0 Å². The van der Waals surface area contributed by atoms with E-state index in [0.717, 1.165) is 22.4 Å². The highest BCUT2D eigenvalue weighted by molar-refractivity contribution is 9.10. The Morgan fingerprint density at radius 3 is 3.00 bits per heavy atom. The molecule has 4 heteroatoms. The van der Waals surface area contributed by atoms with Crippen molar-refractivity contribution in [3.05, 3.63) is 46.8 Å². The van der Waals surface area contributed by atoms with Crippen LogP contribution >= 0.6 is 15.9 Å². The van der Waals surface area contributed by atoms with Crippen molar-refractivity contribution in [3.63, 3.8) is 0 Å². The van der Waals surface area contributed by atoms with Crippen LogP contribution in [0, 0.1) is 0 Å². The second-order valence-corrected chi connectivity index (χ2v) is 4.25. The average Bonchev–Trinajstić information content (AvgIpc) is 2.32. The summed E-state index contributed by atoms with van der Waals surface area (Å²) in [7, 11) is 0. The Morgan fingerprint density at radius 1 is 1.38 bits per heavy atom. The summed E-state index contributed by atoms with van der Waals surface area (Å²) in [5.41, 5.74) is 2.34. The second-order valence-electron chi connectivity index (χ2n) is 3.40. The van der Waals surface area contributed by atoms with Gasteiger partial charge in [0.1, 0.15) is 12.1 Å². The van der Waals surface area contributed by atoms with Crippen molar-refractivity contribution in [3.8, 4) is 0 Å². The monoisotopic (exact) mass is 277 g/mol. The van der Waals surface area contributed by atoms with Crippen molar-refractivity contribution in [2.45, 2.75) is 13.3 Å². The largest absolute Gasteiger partial charge is 0.339 e. The van der Waals surface area contributed by atoms with Crippen molar-refractivity contribution in [2.24, 2.45) is 0 Å². The first kappa shape index (κ1) is 11.1. The summed E-state index contributed by atoms with van der Waals surface area (Å²) < 4.78 is 0.858. The second kappa shape index (κ2) is 5.07. The van der Waals surface area contributed by atoms with Gasteiger partial charge in [0.25, 0.3) is 0 Å². The van der Waals surface area contributed by atoms with Gasteiger partial charge in [-0.15, -0.1) is 0 Å². The van der Waals surface area contributed by atoms with Crippen LogP contribution in [0.4, 0.5) is 11.5 Å². The standard InChI is InChI=1S/C12H12BrN3/c1-2-9-4-3-5-10(6-9)16-12-11(13)7-14-8-15-12/h3-8H,2H2,1H3,(H,14,15,16). The van der Waals surface area contributed by atoms with Gasteiger partial charge in [0.05, 0.1) is 4.47 Å². The van der Waals surface area contributed by atoms with E-state index in [1.165, 1.54) is 11.9 Å². The smallest absolute Gasteiger partial charge is 0.148 e. The van der Waals surface area contributed by atoms with Gasteiger partial charge < -0.3 is 5.32 Å². The predicted molar refractivity (Wildman–Crippen MR) is 68.8 cm³/mol. The van der Waals surface area contributed by atoms with Crippen LogP contribution in [0.25, 0.3) is 0 Å². The van der Waals surface area contributed by atoms with Crippen molar-refractivity contribution in [1.82, 2.24) is 9.97 Å². The Kier molecular flexibility index (Phi) is 3.51. The van der Waals surface area contributed by atoms with E-state index in [1.807, 2.05) is 12.1 Å². The van der Waals surface area contributed by atoms with Gasteiger partial charge in [0, 0.05) is 11.9 Å². The van der Waals surface area contributed by atoms with Crippen LogP contribution in [-0.4, -0.2) is 9.97 Å². The molecule has 1 aromatic carbocycles. The number of anilines is 2. The molecule has 2 rings (SSSR count). The maximum atomic E-state index is 4.16. The van der Waals surface area contributed by atoms with E-state index in [2.05, 4.69) is 50.3 Å². The lowest BCUT2D eigenvalue weighted by Crippen LogP contribution is -1.95. The number of benzene rings is 1. The van der Waals surface area contributed by atoms with Crippen LogP contribution in [0.5, 0.6) is 0 Å². The SMILES string of the molecule is CCc1cccc(Nc2ncncc2Br)c1.